The van der Waals surface area contributed by atoms with Crippen molar-refractivity contribution in [3.8, 4) is 6.07 Å². The van der Waals surface area contributed by atoms with Crippen LogP contribution >= 0.6 is 0 Å². The van der Waals surface area contributed by atoms with Crippen LogP contribution in [0.25, 0.3) is 0 Å². The summed E-state index contributed by atoms with van der Waals surface area (Å²) in [4.78, 5) is 11.8. The molecule has 3 nitrogen and oxygen atoms in total. The molecule has 0 saturated heterocycles. The van der Waals surface area contributed by atoms with Gasteiger partial charge in [0.05, 0.1) is 6.07 Å². The quantitative estimate of drug-likeness (QED) is 0.716. The van der Waals surface area contributed by atoms with Gasteiger partial charge in [0, 0.05) is 19.3 Å². The molecule has 0 radical (unpaired) electrons. The Morgan fingerprint density at radius 2 is 2.12 bits per heavy atom. The predicted molar refractivity (Wildman–Crippen MR) is 56.3 cm³/mol. The van der Waals surface area contributed by atoms with Gasteiger partial charge in [0.1, 0.15) is 11.7 Å². The van der Waals surface area contributed by atoms with E-state index in [0.29, 0.717) is 18.6 Å². The van der Waals surface area contributed by atoms with Crippen LogP contribution in [0.5, 0.6) is 0 Å². The number of halogens is 1. The van der Waals surface area contributed by atoms with Gasteiger partial charge < -0.3 is 4.74 Å². The Balaban J connectivity index is 2.76. The number of ketones is 1. The summed E-state index contributed by atoms with van der Waals surface area (Å²) >= 11 is 0. The first-order valence-electron chi connectivity index (χ1n) is 4.87. The number of ether oxygens (including phenoxy) is 1. The number of rotatable bonds is 5. The number of hydrogen-bond donors (Lipinski definition) is 0. The van der Waals surface area contributed by atoms with Crippen molar-refractivity contribution in [3.63, 3.8) is 0 Å². The van der Waals surface area contributed by atoms with Gasteiger partial charge in [-0.05, 0) is 30.7 Å². The lowest BCUT2D eigenvalue weighted by Crippen LogP contribution is -2.15. The van der Waals surface area contributed by atoms with Crippen molar-refractivity contribution in [1.29, 1.82) is 5.26 Å². The SMILES string of the molecule is COCCC(C#N)C(=O)c1ccc(F)cc1. The van der Waals surface area contributed by atoms with E-state index in [2.05, 4.69) is 0 Å². The van der Waals surface area contributed by atoms with Crippen molar-refractivity contribution in [2.45, 2.75) is 6.42 Å². The lowest BCUT2D eigenvalue weighted by molar-refractivity contribution is 0.0919. The molecular formula is C12H12FNO2. The summed E-state index contributed by atoms with van der Waals surface area (Å²) in [6.45, 7) is 0.352. The molecule has 84 valence electrons. The Morgan fingerprint density at radius 3 is 2.62 bits per heavy atom. The molecule has 4 heteroatoms. The summed E-state index contributed by atoms with van der Waals surface area (Å²) in [7, 11) is 1.51. The fourth-order valence-corrected chi connectivity index (χ4v) is 1.31. The standard InChI is InChI=1S/C12H12FNO2/c1-16-7-6-10(8-14)12(15)9-2-4-11(13)5-3-9/h2-5,10H,6-7H2,1H3. The van der Waals surface area contributed by atoms with Gasteiger partial charge >= 0.3 is 0 Å². The molecular weight excluding hydrogens is 209 g/mol. The minimum Gasteiger partial charge on any atom is -0.385 e. The van der Waals surface area contributed by atoms with Gasteiger partial charge in [-0.2, -0.15) is 5.26 Å². The fourth-order valence-electron chi connectivity index (χ4n) is 1.31. The molecule has 16 heavy (non-hydrogen) atoms. The Hall–Kier alpha value is -1.73. The number of carbonyl (C=O) groups excluding carboxylic acids is 1. The van der Waals surface area contributed by atoms with Crippen LogP contribution in [0.3, 0.4) is 0 Å². The van der Waals surface area contributed by atoms with Crippen LogP contribution in [0.4, 0.5) is 4.39 Å². The van der Waals surface area contributed by atoms with E-state index in [1.165, 1.54) is 31.4 Å². The number of nitrogens with zero attached hydrogens (tertiary/aromatic N) is 1. The average molecular weight is 221 g/mol. The molecule has 1 atom stereocenters. The van der Waals surface area contributed by atoms with Crippen LogP contribution in [-0.4, -0.2) is 19.5 Å². The topological polar surface area (TPSA) is 50.1 Å². The molecule has 0 aliphatic heterocycles. The molecule has 1 aromatic rings. The third-order valence-electron chi connectivity index (χ3n) is 2.21. The lowest BCUT2D eigenvalue weighted by Gasteiger charge is -2.07. The van der Waals surface area contributed by atoms with Crippen LogP contribution < -0.4 is 0 Å². The van der Waals surface area contributed by atoms with E-state index >= 15 is 0 Å². The van der Waals surface area contributed by atoms with Gasteiger partial charge in [-0.3, -0.25) is 4.79 Å². The Labute approximate surface area is 93.5 Å². The Bertz CT molecular complexity index is 394. The van der Waals surface area contributed by atoms with Crippen molar-refractivity contribution in [2.24, 2.45) is 5.92 Å². The molecule has 0 fully saturated rings. The highest BCUT2D eigenvalue weighted by molar-refractivity contribution is 5.99. The highest BCUT2D eigenvalue weighted by atomic mass is 19.1. The second kappa shape index (κ2) is 5.99. The number of Topliss-reactive ketones (excluding diaryl/α,β-unsaturated/α-hetero) is 1. The molecule has 0 saturated carbocycles. The highest BCUT2D eigenvalue weighted by Crippen LogP contribution is 2.12. The van der Waals surface area contributed by atoms with Crippen LogP contribution in [0.1, 0.15) is 16.8 Å². The molecule has 0 spiro atoms. The maximum atomic E-state index is 12.6. The maximum absolute atomic E-state index is 12.6. The summed E-state index contributed by atoms with van der Waals surface area (Å²) in [5, 5.41) is 8.84. The van der Waals surface area contributed by atoms with Gasteiger partial charge in [0.2, 0.25) is 0 Å². The minimum absolute atomic E-state index is 0.292. The Morgan fingerprint density at radius 1 is 1.50 bits per heavy atom. The summed E-state index contributed by atoms with van der Waals surface area (Å²) in [6, 6.07) is 7.11. The number of hydrogen-bond acceptors (Lipinski definition) is 3. The first-order valence-corrected chi connectivity index (χ1v) is 4.87. The van der Waals surface area contributed by atoms with Crippen LogP contribution in [-0.2, 0) is 4.74 Å². The first-order chi connectivity index (χ1) is 7.69. The number of carbonyl (C=O) groups is 1. The highest BCUT2D eigenvalue weighted by Gasteiger charge is 2.19. The van der Waals surface area contributed by atoms with E-state index in [0.717, 1.165) is 0 Å². The third kappa shape index (κ3) is 3.14. The van der Waals surface area contributed by atoms with Crippen molar-refractivity contribution in [3.05, 3.63) is 35.6 Å². The van der Waals surface area contributed by atoms with Gasteiger partial charge in [0.25, 0.3) is 0 Å². The minimum atomic E-state index is -0.731. The number of benzene rings is 1. The second-order valence-electron chi connectivity index (χ2n) is 3.33. The molecule has 0 aliphatic carbocycles. The molecule has 1 unspecified atom stereocenters. The smallest absolute Gasteiger partial charge is 0.180 e. The normalized spacial score (nSPS) is 11.8. The van der Waals surface area contributed by atoms with Gasteiger partial charge in [-0.15, -0.1) is 0 Å². The molecule has 0 N–H and O–H groups in total. The van der Waals surface area contributed by atoms with E-state index in [1.54, 1.807) is 0 Å². The zero-order valence-corrected chi connectivity index (χ0v) is 8.94. The molecule has 0 bridgehead atoms. The van der Waals surface area contributed by atoms with E-state index in [9.17, 15) is 9.18 Å². The molecule has 0 heterocycles. The van der Waals surface area contributed by atoms with Gasteiger partial charge in [-0.1, -0.05) is 0 Å². The van der Waals surface area contributed by atoms with E-state index < -0.39 is 11.7 Å². The molecule has 0 amide bonds. The van der Waals surface area contributed by atoms with E-state index in [-0.39, 0.29) is 5.78 Å². The summed E-state index contributed by atoms with van der Waals surface area (Å²) < 4.78 is 17.5. The zero-order chi connectivity index (χ0) is 12.0. The summed E-state index contributed by atoms with van der Waals surface area (Å²) in [5.41, 5.74) is 0.351. The first kappa shape index (κ1) is 12.3. The van der Waals surface area contributed by atoms with Crippen molar-refractivity contribution in [2.75, 3.05) is 13.7 Å². The van der Waals surface area contributed by atoms with Crippen LogP contribution in [0, 0.1) is 23.1 Å². The Kier molecular flexibility index (Phi) is 4.62. The lowest BCUT2D eigenvalue weighted by atomic mass is 9.96. The molecule has 1 rings (SSSR count). The van der Waals surface area contributed by atoms with Crippen LogP contribution in [0.15, 0.2) is 24.3 Å². The monoisotopic (exact) mass is 221 g/mol. The van der Waals surface area contributed by atoms with Crippen molar-refractivity contribution >= 4 is 5.78 Å². The van der Waals surface area contributed by atoms with E-state index in [1.807, 2.05) is 6.07 Å². The second-order valence-corrected chi connectivity index (χ2v) is 3.33. The van der Waals surface area contributed by atoms with E-state index in [4.69, 9.17) is 10.00 Å². The molecule has 1 aromatic carbocycles. The number of methoxy groups -OCH3 is 1. The van der Waals surface area contributed by atoms with Crippen LogP contribution in [0.2, 0.25) is 0 Å². The third-order valence-corrected chi connectivity index (χ3v) is 2.21. The molecule has 0 aromatic heterocycles. The average Bonchev–Trinajstić information content (AvgIpc) is 2.30. The van der Waals surface area contributed by atoms with Gasteiger partial charge in [-0.25, -0.2) is 4.39 Å². The van der Waals surface area contributed by atoms with Gasteiger partial charge in [0.15, 0.2) is 5.78 Å². The maximum Gasteiger partial charge on any atom is 0.180 e. The summed E-state index contributed by atoms with van der Waals surface area (Å²) in [5.74, 6) is -1.42. The molecule has 0 aliphatic rings. The summed E-state index contributed by atoms with van der Waals surface area (Å²) in [6.07, 6.45) is 0.350. The largest absolute Gasteiger partial charge is 0.385 e. The number of nitriles is 1. The predicted octanol–water partition coefficient (Wildman–Crippen LogP) is 2.18. The van der Waals surface area contributed by atoms with Crippen molar-refractivity contribution in [1.82, 2.24) is 0 Å². The van der Waals surface area contributed by atoms with Crippen molar-refractivity contribution < 1.29 is 13.9 Å². The fraction of sp³-hybridized carbons (Fsp3) is 0.333. The zero-order valence-electron chi connectivity index (χ0n) is 8.94.